The van der Waals surface area contributed by atoms with Gasteiger partial charge in [0.1, 0.15) is 12.4 Å². The van der Waals surface area contributed by atoms with E-state index in [-0.39, 0.29) is 36.1 Å². The van der Waals surface area contributed by atoms with Gasteiger partial charge in [0, 0.05) is 29.5 Å². The van der Waals surface area contributed by atoms with Gasteiger partial charge < -0.3 is 19.7 Å². The van der Waals surface area contributed by atoms with Gasteiger partial charge in [-0.05, 0) is 94.3 Å². The number of rotatable bonds is 11. The number of carbonyl (C=O) groups excluding carboxylic acids is 1. The van der Waals surface area contributed by atoms with Gasteiger partial charge in [-0.25, -0.2) is 8.42 Å². The van der Waals surface area contributed by atoms with Gasteiger partial charge in [-0.1, -0.05) is 12.5 Å². The molecule has 2 aliphatic rings. The van der Waals surface area contributed by atoms with Crippen molar-refractivity contribution in [1.29, 1.82) is 0 Å². The summed E-state index contributed by atoms with van der Waals surface area (Å²) in [5.41, 5.74) is 0. The number of amides is 1. The Morgan fingerprint density at radius 2 is 1.84 bits per heavy atom. The lowest BCUT2D eigenvalue weighted by Gasteiger charge is -2.37. The topological polar surface area (TPSA) is 88.2 Å². The number of nitrogens with one attached hydrogen (secondary N) is 1. The van der Waals surface area contributed by atoms with Gasteiger partial charge in [-0.2, -0.15) is 4.31 Å². The maximum Gasteiger partial charge on any atom is 0.246 e. The molecule has 0 bridgehead atoms. The predicted molar refractivity (Wildman–Crippen MR) is 150 cm³/mol. The Balaban J connectivity index is 1.24. The van der Waals surface area contributed by atoms with Crippen LogP contribution in [0.4, 0.5) is 0 Å². The molecule has 2 unspecified atom stereocenters. The van der Waals surface area contributed by atoms with Crippen LogP contribution in [0.3, 0.4) is 0 Å². The van der Waals surface area contributed by atoms with Crippen LogP contribution in [0.25, 0.3) is 0 Å². The smallest absolute Gasteiger partial charge is 0.246 e. The number of sulfonamides is 1. The molecule has 1 saturated carbocycles. The first-order valence-electron chi connectivity index (χ1n) is 13.5. The second kappa shape index (κ2) is 13.4. The normalized spacial score (nSPS) is 23.7. The average Bonchev–Trinajstić information content (AvgIpc) is 3.44. The lowest BCUT2D eigenvalue weighted by molar-refractivity contribution is -0.127. The lowest BCUT2D eigenvalue weighted by Crippen LogP contribution is -2.46. The number of benzene rings is 1. The van der Waals surface area contributed by atoms with Crippen molar-refractivity contribution in [3.05, 3.63) is 46.7 Å². The third kappa shape index (κ3) is 7.15. The Bertz CT molecular complexity index is 1110. The summed E-state index contributed by atoms with van der Waals surface area (Å²) in [6.07, 6.45) is 6.55. The summed E-state index contributed by atoms with van der Waals surface area (Å²) in [6.45, 7) is 0.612. The molecule has 1 aliphatic carbocycles. The molecule has 38 heavy (non-hydrogen) atoms. The number of hydrogen-bond acceptors (Lipinski definition) is 7. The number of hydrogen-bond donors (Lipinski definition) is 1. The van der Waals surface area contributed by atoms with E-state index in [9.17, 15) is 13.2 Å². The molecule has 0 spiro atoms. The maximum absolute atomic E-state index is 13.3. The van der Waals surface area contributed by atoms with E-state index < -0.39 is 10.0 Å². The zero-order valence-corrected chi connectivity index (χ0v) is 24.3. The minimum atomic E-state index is -3.65. The summed E-state index contributed by atoms with van der Waals surface area (Å²) in [4.78, 5) is 16.6. The van der Waals surface area contributed by atoms with Crippen molar-refractivity contribution in [2.45, 2.75) is 68.0 Å². The monoisotopic (exact) mass is 563 g/mol. The number of carbonyl (C=O) groups is 1. The fourth-order valence-corrected chi connectivity index (χ4v) is 8.54. The summed E-state index contributed by atoms with van der Waals surface area (Å²) in [7, 11) is 2.19. The van der Waals surface area contributed by atoms with Crippen LogP contribution in [0.2, 0.25) is 0 Å². The molecular formula is C28H41N3O5S2. The molecule has 2 aromatic rings. The number of thiophene rings is 1. The second-order valence-electron chi connectivity index (χ2n) is 10.6. The minimum absolute atomic E-state index is 0.0532. The summed E-state index contributed by atoms with van der Waals surface area (Å²) in [6, 6.07) is 11.1. The van der Waals surface area contributed by atoms with Gasteiger partial charge in [0.05, 0.1) is 18.6 Å². The zero-order valence-electron chi connectivity index (χ0n) is 22.7. The lowest BCUT2D eigenvalue weighted by atomic mass is 9.80. The Labute approximate surface area is 231 Å². The molecule has 1 aliphatic heterocycles. The van der Waals surface area contributed by atoms with Crippen LogP contribution >= 0.6 is 11.3 Å². The van der Waals surface area contributed by atoms with Crippen LogP contribution in [-0.2, 0) is 19.6 Å². The standard InChI is InChI=1S/C28H41N3O5S2/c1-30(2)28(26-8-6-18-37-26)21-9-11-22(12-10-21)29-27(32)20-36-19-23-7-4-5-17-31(23)38(33,34)25-15-13-24(35-3)14-16-25/h6,8,13-16,18,21-23,28H,4-5,7,9-12,17,19-20H2,1-3H3,(H,29,32). The van der Waals surface area contributed by atoms with Crippen molar-refractivity contribution in [3.63, 3.8) is 0 Å². The molecule has 2 fully saturated rings. The number of methoxy groups -OCH3 is 1. The third-order valence-electron chi connectivity index (χ3n) is 7.76. The van der Waals surface area contributed by atoms with Crippen molar-refractivity contribution in [2.75, 3.05) is 41.0 Å². The van der Waals surface area contributed by atoms with Gasteiger partial charge in [0.15, 0.2) is 0 Å². The first-order valence-corrected chi connectivity index (χ1v) is 15.8. The predicted octanol–water partition coefficient (Wildman–Crippen LogP) is 4.29. The number of ether oxygens (including phenoxy) is 2. The first-order chi connectivity index (χ1) is 18.3. The maximum atomic E-state index is 13.3. The molecule has 8 nitrogen and oxygen atoms in total. The van der Waals surface area contributed by atoms with Crippen molar-refractivity contribution < 1.29 is 22.7 Å². The van der Waals surface area contributed by atoms with Gasteiger partial charge >= 0.3 is 0 Å². The van der Waals surface area contributed by atoms with Crippen molar-refractivity contribution in [2.24, 2.45) is 5.92 Å². The molecule has 210 valence electrons. The number of nitrogens with zero attached hydrogens (tertiary/aromatic N) is 2. The molecule has 2 atom stereocenters. The molecule has 1 aromatic heterocycles. The SMILES string of the molecule is COc1ccc(S(=O)(=O)N2CCCCC2COCC(=O)NC2CCC(C(c3cccs3)N(C)C)CC2)cc1. The van der Waals surface area contributed by atoms with Crippen LogP contribution < -0.4 is 10.1 Å². The number of piperidine rings is 1. The van der Waals surface area contributed by atoms with Crippen LogP contribution in [0.5, 0.6) is 5.75 Å². The Morgan fingerprint density at radius 1 is 1.11 bits per heavy atom. The van der Waals surface area contributed by atoms with Crippen LogP contribution in [0, 0.1) is 5.92 Å². The fraction of sp³-hybridized carbons (Fsp3) is 0.607. The highest BCUT2D eigenvalue weighted by atomic mass is 32.2. The Hall–Kier alpha value is -1.98. The summed E-state index contributed by atoms with van der Waals surface area (Å²) in [5, 5.41) is 5.28. The summed E-state index contributed by atoms with van der Waals surface area (Å²) >= 11 is 1.81. The Kier molecular flexibility index (Phi) is 10.2. The third-order valence-corrected chi connectivity index (χ3v) is 10.7. The van der Waals surface area contributed by atoms with Gasteiger partial charge in [0.2, 0.25) is 15.9 Å². The molecule has 1 amide bonds. The second-order valence-corrected chi connectivity index (χ2v) is 13.4. The van der Waals surface area contributed by atoms with Gasteiger partial charge in [0.25, 0.3) is 0 Å². The van der Waals surface area contributed by atoms with Crippen molar-refractivity contribution in [3.8, 4) is 5.75 Å². The van der Waals surface area contributed by atoms with Crippen LogP contribution in [-0.4, -0.2) is 76.6 Å². The Morgan fingerprint density at radius 3 is 2.47 bits per heavy atom. The van der Waals surface area contributed by atoms with Crippen LogP contribution in [0.15, 0.2) is 46.7 Å². The van der Waals surface area contributed by atoms with Gasteiger partial charge in [-0.15, -0.1) is 11.3 Å². The summed E-state index contributed by atoms with van der Waals surface area (Å²) < 4.78 is 39.0. The quantitative estimate of drug-likeness (QED) is 0.439. The van der Waals surface area contributed by atoms with E-state index in [1.807, 2.05) is 11.3 Å². The highest BCUT2D eigenvalue weighted by molar-refractivity contribution is 7.89. The molecule has 1 N–H and O–H groups in total. The van der Waals surface area contributed by atoms with Crippen molar-refractivity contribution in [1.82, 2.24) is 14.5 Å². The van der Waals surface area contributed by atoms with E-state index in [1.165, 1.54) is 9.18 Å². The molecule has 4 rings (SSSR count). The van der Waals surface area contributed by atoms with E-state index in [2.05, 4.69) is 41.8 Å². The molecule has 2 heterocycles. The highest BCUT2D eigenvalue weighted by Gasteiger charge is 2.34. The largest absolute Gasteiger partial charge is 0.497 e. The van der Waals surface area contributed by atoms with E-state index >= 15 is 0 Å². The van der Waals surface area contributed by atoms with E-state index in [0.717, 1.165) is 44.9 Å². The molecule has 1 aromatic carbocycles. The van der Waals surface area contributed by atoms with E-state index in [4.69, 9.17) is 9.47 Å². The first kappa shape index (κ1) is 29.0. The highest BCUT2D eigenvalue weighted by Crippen LogP contribution is 2.39. The fourth-order valence-electron chi connectivity index (χ4n) is 5.84. The minimum Gasteiger partial charge on any atom is -0.497 e. The zero-order chi connectivity index (χ0) is 27.1. The molecule has 1 saturated heterocycles. The molecule has 0 radical (unpaired) electrons. The molecule has 10 heteroatoms. The van der Waals surface area contributed by atoms with Crippen molar-refractivity contribution >= 4 is 27.3 Å². The average molecular weight is 564 g/mol. The van der Waals surface area contributed by atoms with E-state index in [0.29, 0.717) is 24.3 Å². The van der Waals surface area contributed by atoms with Gasteiger partial charge in [-0.3, -0.25) is 4.79 Å². The van der Waals surface area contributed by atoms with Crippen LogP contribution in [0.1, 0.15) is 55.9 Å². The van der Waals surface area contributed by atoms with E-state index in [1.54, 1.807) is 31.4 Å². The summed E-state index contributed by atoms with van der Waals surface area (Å²) in [5.74, 6) is 1.07. The molecular weight excluding hydrogens is 522 g/mol.